The van der Waals surface area contributed by atoms with Crippen LogP contribution in [-0.2, 0) is 14.4 Å². The second-order valence-corrected chi connectivity index (χ2v) is 2.94. The Bertz CT molecular complexity index is 267. The standard InChI is InChI=1S/C7H15N5O3/c1-4(13)12(10)7(15)5(8)2-3-6(14)11-9/h5H,2-3,8-10H2,1H3,(H,11,14)/t5-/m0/s1. The molecule has 7 N–H and O–H groups in total. The highest BCUT2D eigenvalue weighted by atomic mass is 16.2. The van der Waals surface area contributed by atoms with Crippen molar-refractivity contribution in [2.24, 2.45) is 17.4 Å². The monoisotopic (exact) mass is 217 g/mol. The zero-order chi connectivity index (χ0) is 12.0. The lowest BCUT2D eigenvalue weighted by Crippen LogP contribution is -2.50. The molecule has 0 aromatic heterocycles. The zero-order valence-electron chi connectivity index (χ0n) is 8.40. The molecule has 8 nitrogen and oxygen atoms in total. The second-order valence-electron chi connectivity index (χ2n) is 2.94. The fraction of sp³-hybridized carbons (Fsp3) is 0.571. The summed E-state index contributed by atoms with van der Waals surface area (Å²) in [7, 11) is 0. The molecule has 0 saturated carbocycles. The first kappa shape index (κ1) is 13.5. The van der Waals surface area contributed by atoms with Gasteiger partial charge in [-0.05, 0) is 6.42 Å². The summed E-state index contributed by atoms with van der Waals surface area (Å²) < 4.78 is 0. The van der Waals surface area contributed by atoms with E-state index >= 15 is 0 Å². The largest absolute Gasteiger partial charge is 0.320 e. The van der Waals surface area contributed by atoms with Crippen LogP contribution in [0.1, 0.15) is 19.8 Å². The number of amides is 3. The number of hydrogen-bond donors (Lipinski definition) is 4. The number of nitrogens with two attached hydrogens (primary N) is 3. The molecule has 0 aromatic rings. The third kappa shape index (κ3) is 4.49. The van der Waals surface area contributed by atoms with Crippen LogP contribution in [0.5, 0.6) is 0 Å². The molecule has 15 heavy (non-hydrogen) atoms. The fourth-order valence-corrected chi connectivity index (χ4v) is 0.816. The topological polar surface area (TPSA) is 145 Å². The normalized spacial score (nSPS) is 11.7. The minimum atomic E-state index is -0.990. The molecule has 0 radical (unpaired) electrons. The fourth-order valence-electron chi connectivity index (χ4n) is 0.816. The van der Waals surface area contributed by atoms with E-state index in [1.54, 1.807) is 0 Å². The summed E-state index contributed by atoms with van der Waals surface area (Å²) in [6, 6.07) is -0.990. The van der Waals surface area contributed by atoms with Gasteiger partial charge < -0.3 is 5.73 Å². The molecule has 0 aliphatic rings. The first-order chi connectivity index (χ1) is 6.90. The molecule has 0 aromatic carbocycles. The van der Waals surface area contributed by atoms with Crippen LogP contribution >= 0.6 is 0 Å². The Morgan fingerprint density at radius 2 is 1.93 bits per heavy atom. The van der Waals surface area contributed by atoms with Gasteiger partial charge in [0.2, 0.25) is 11.8 Å². The number of hydrogen-bond acceptors (Lipinski definition) is 6. The van der Waals surface area contributed by atoms with Gasteiger partial charge in [0.05, 0.1) is 6.04 Å². The van der Waals surface area contributed by atoms with Crippen molar-refractivity contribution in [2.45, 2.75) is 25.8 Å². The van der Waals surface area contributed by atoms with Crippen molar-refractivity contribution in [3.63, 3.8) is 0 Å². The third-order valence-corrected chi connectivity index (χ3v) is 1.74. The molecule has 0 spiro atoms. The average Bonchev–Trinajstić information content (AvgIpc) is 2.22. The van der Waals surface area contributed by atoms with Crippen molar-refractivity contribution in [3.05, 3.63) is 0 Å². The van der Waals surface area contributed by atoms with Crippen molar-refractivity contribution in [1.82, 2.24) is 10.4 Å². The van der Waals surface area contributed by atoms with Gasteiger partial charge >= 0.3 is 0 Å². The highest BCUT2D eigenvalue weighted by molar-refractivity contribution is 5.96. The second kappa shape index (κ2) is 6.06. The molecular weight excluding hydrogens is 202 g/mol. The van der Waals surface area contributed by atoms with E-state index in [1.807, 2.05) is 5.43 Å². The van der Waals surface area contributed by atoms with Gasteiger partial charge in [-0.3, -0.25) is 19.8 Å². The lowest BCUT2D eigenvalue weighted by molar-refractivity contribution is -0.144. The molecule has 86 valence electrons. The van der Waals surface area contributed by atoms with E-state index in [4.69, 9.17) is 17.4 Å². The number of hydrazine groups is 2. The predicted molar refractivity (Wildman–Crippen MR) is 51.3 cm³/mol. The van der Waals surface area contributed by atoms with E-state index in [1.165, 1.54) is 0 Å². The van der Waals surface area contributed by atoms with Crippen molar-refractivity contribution in [3.8, 4) is 0 Å². The van der Waals surface area contributed by atoms with E-state index in [2.05, 4.69) is 0 Å². The van der Waals surface area contributed by atoms with E-state index in [9.17, 15) is 14.4 Å². The minimum absolute atomic E-state index is 0.00481. The molecule has 0 saturated heterocycles. The average molecular weight is 217 g/mol. The smallest absolute Gasteiger partial charge is 0.260 e. The van der Waals surface area contributed by atoms with E-state index in [-0.39, 0.29) is 12.8 Å². The number of imide groups is 1. The Balaban J connectivity index is 4.10. The summed E-state index contributed by atoms with van der Waals surface area (Å²) >= 11 is 0. The highest BCUT2D eigenvalue weighted by Gasteiger charge is 2.21. The zero-order valence-corrected chi connectivity index (χ0v) is 8.40. The Morgan fingerprint density at radius 1 is 1.40 bits per heavy atom. The predicted octanol–water partition coefficient (Wildman–Crippen LogP) is -2.67. The van der Waals surface area contributed by atoms with Gasteiger partial charge in [-0.15, -0.1) is 0 Å². The Labute approximate surface area is 86.7 Å². The number of nitrogens with one attached hydrogen (secondary N) is 1. The van der Waals surface area contributed by atoms with Crippen LogP contribution in [0.25, 0.3) is 0 Å². The van der Waals surface area contributed by atoms with E-state index in [0.717, 1.165) is 6.92 Å². The van der Waals surface area contributed by atoms with Gasteiger partial charge in [0, 0.05) is 13.3 Å². The van der Waals surface area contributed by atoms with Crippen LogP contribution in [0.4, 0.5) is 0 Å². The molecule has 0 heterocycles. The maximum absolute atomic E-state index is 11.3. The summed E-state index contributed by atoms with van der Waals surface area (Å²) in [4.78, 5) is 32.7. The van der Waals surface area contributed by atoms with E-state index in [0.29, 0.717) is 5.01 Å². The lowest BCUT2D eigenvalue weighted by Gasteiger charge is -2.16. The quantitative estimate of drug-likeness (QED) is 0.229. The summed E-state index contributed by atoms with van der Waals surface area (Å²) in [5.41, 5.74) is 7.31. The minimum Gasteiger partial charge on any atom is -0.320 e. The van der Waals surface area contributed by atoms with Crippen molar-refractivity contribution < 1.29 is 14.4 Å². The molecule has 0 fully saturated rings. The lowest BCUT2D eigenvalue weighted by atomic mass is 10.1. The van der Waals surface area contributed by atoms with Gasteiger partial charge in [-0.1, -0.05) is 0 Å². The molecule has 0 bridgehead atoms. The maximum Gasteiger partial charge on any atom is 0.260 e. The SMILES string of the molecule is CC(=O)N(N)C(=O)[C@@H](N)CCC(=O)NN. The maximum atomic E-state index is 11.3. The van der Waals surface area contributed by atoms with Crippen molar-refractivity contribution in [1.29, 1.82) is 0 Å². The van der Waals surface area contributed by atoms with Crippen LogP contribution in [-0.4, -0.2) is 28.8 Å². The van der Waals surface area contributed by atoms with Gasteiger partial charge in [0.15, 0.2) is 0 Å². The van der Waals surface area contributed by atoms with Crippen molar-refractivity contribution >= 4 is 17.7 Å². The number of carbonyl (C=O) groups is 3. The van der Waals surface area contributed by atoms with Crippen LogP contribution in [0.15, 0.2) is 0 Å². The van der Waals surface area contributed by atoms with Crippen LogP contribution in [0.3, 0.4) is 0 Å². The molecule has 1 atom stereocenters. The molecule has 0 aliphatic carbocycles. The molecule has 0 rings (SSSR count). The van der Waals surface area contributed by atoms with Crippen LogP contribution in [0.2, 0.25) is 0 Å². The van der Waals surface area contributed by atoms with Gasteiger partial charge in [-0.25, -0.2) is 16.7 Å². The molecule has 8 heteroatoms. The molecule has 3 amide bonds. The molecular formula is C7H15N5O3. The van der Waals surface area contributed by atoms with Crippen LogP contribution < -0.4 is 22.8 Å². The first-order valence-corrected chi connectivity index (χ1v) is 4.24. The number of nitrogens with zero attached hydrogens (tertiary/aromatic N) is 1. The van der Waals surface area contributed by atoms with Crippen molar-refractivity contribution in [2.75, 3.05) is 0 Å². The van der Waals surface area contributed by atoms with Gasteiger partial charge in [0.25, 0.3) is 5.91 Å². The van der Waals surface area contributed by atoms with Gasteiger partial charge in [0.1, 0.15) is 0 Å². The Morgan fingerprint density at radius 3 is 2.33 bits per heavy atom. The van der Waals surface area contributed by atoms with E-state index < -0.39 is 23.8 Å². The highest BCUT2D eigenvalue weighted by Crippen LogP contribution is 1.97. The third-order valence-electron chi connectivity index (χ3n) is 1.74. The first-order valence-electron chi connectivity index (χ1n) is 4.24. The number of carbonyl (C=O) groups excluding carboxylic acids is 3. The Kier molecular flexibility index (Phi) is 5.45. The summed E-state index contributed by atoms with van der Waals surface area (Å²) in [6.45, 7) is 1.14. The summed E-state index contributed by atoms with van der Waals surface area (Å²) in [5.74, 6) is 8.17. The number of rotatable bonds is 4. The molecule has 0 aliphatic heterocycles. The van der Waals surface area contributed by atoms with Gasteiger partial charge in [-0.2, -0.15) is 0 Å². The Hall–Kier alpha value is -1.51. The summed E-state index contributed by atoms with van der Waals surface area (Å²) in [6.07, 6.45) is 0.0675. The molecule has 0 unspecified atom stereocenters. The summed E-state index contributed by atoms with van der Waals surface area (Å²) in [5, 5.41) is 0.422. The van der Waals surface area contributed by atoms with Crippen LogP contribution in [0, 0.1) is 0 Å².